The Morgan fingerprint density at radius 3 is 2.79 bits per heavy atom. The van der Waals surface area contributed by atoms with Gasteiger partial charge in [0.05, 0.1) is 5.56 Å². The Morgan fingerprint density at radius 2 is 2.04 bits per heavy atom. The van der Waals surface area contributed by atoms with E-state index in [0.717, 1.165) is 24.1 Å². The molecule has 0 spiro atoms. The van der Waals surface area contributed by atoms with Crippen LogP contribution in [0.5, 0.6) is 0 Å². The summed E-state index contributed by atoms with van der Waals surface area (Å²) >= 11 is 0. The molecule has 24 heavy (non-hydrogen) atoms. The Hall–Kier alpha value is -2.24. The third-order valence-electron chi connectivity index (χ3n) is 5.14. The number of hydrogen-bond donors (Lipinski definition) is 0. The van der Waals surface area contributed by atoms with E-state index in [4.69, 9.17) is 4.52 Å². The van der Waals surface area contributed by atoms with Crippen molar-refractivity contribution in [3.05, 3.63) is 29.8 Å². The molecule has 0 aromatic carbocycles. The standard InChI is InChI=1S/C18H22N4O2/c1-12-7-8-13(10-19-12)18-20-17(21-24-18)14-9-16(23)22(11-14)15-5-3-2-4-6-15/h7-8,10,14-15H,2-6,9,11H2,1H3/t14-/m0/s1. The second-order valence-electron chi connectivity index (χ2n) is 6.88. The molecule has 2 fully saturated rings. The van der Waals surface area contributed by atoms with Gasteiger partial charge in [-0.25, -0.2) is 0 Å². The first-order chi connectivity index (χ1) is 11.7. The number of hydrogen-bond acceptors (Lipinski definition) is 5. The zero-order valence-corrected chi connectivity index (χ0v) is 13.9. The van der Waals surface area contributed by atoms with Crippen molar-refractivity contribution in [1.82, 2.24) is 20.0 Å². The molecule has 3 heterocycles. The van der Waals surface area contributed by atoms with Crippen molar-refractivity contribution in [3.8, 4) is 11.5 Å². The summed E-state index contributed by atoms with van der Waals surface area (Å²) in [6.07, 6.45) is 8.23. The molecule has 1 atom stereocenters. The highest BCUT2D eigenvalue weighted by Gasteiger charge is 2.37. The van der Waals surface area contributed by atoms with Crippen molar-refractivity contribution >= 4 is 5.91 Å². The molecule has 1 aliphatic heterocycles. The zero-order chi connectivity index (χ0) is 16.5. The van der Waals surface area contributed by atoms with Gasteiger partial charge in [-0.1, -0.05) is 24.4 Å². The predicted molar refractivity (Wildman–Crippen MR) is 88.2 cm³/mol. The quantitative estimate of drug-likeness (QED) is 0.866. The van der Waals surface area contributed by atoms with Gasteiger partial charge >= 0.3 is 0 Å². The zero-order valence-electron chi connectivity index (χ0n) is 13.9. The second-order valence-corrected chi connectivity index (χ2v) is 6.88. The predicted octanol–water partition coefficient (Wildman–Crippen LogP) is 3.09. The summed E-state index contributed by atoms with van der Waals surface area (Å²) in [5.74, 6) is 1.38. The molecule has 1 amide bonds. The Balaban J connectivity index is 1.48. The van der Waals surface area contributed by atoms with Gasteiger partial charge in [-0.3, -0.25) is 9.78 Å². The number of carbonyl (C=O) groups excluding carboxylic acids is 1. The molecule has 1 saturated carbocycles. The number of pyridine rings is 1. The Labute approximate surface area is 141 Å². The molecular weight excluding hydrogens is 304 g/mol. The van der Waals surface area contributed by atoms with Gasteiger partial charge in [0.1, 0.15) is 0 Å². The smallest absolute Gasteiger partial charge is 0.259 e. The first kappa shape index (κ1) is 15.3. The number of likely N-dealkylation sites (tertiary alicyclic amines) is 1. The largest absolute Gasteiger partial charge is 0.339 e. The monoisotopic (exact) mass is 326 g/mol. The number of nitrogens with zero attached hydrogens (tertiary/aromatic N) is 4. The van der Waals surface area contributed by atoms with Crippen LogP contribution in [-0.4, -0.2) is 38.5 Å². The van der Waals surface area contributed by atoms with E-state index in [1.54, 1.807) is 6.20 Å². The fourth-order valence-corrected chi connectivity index (χ4v) is 3.76. The van der Waals surface area contributed by atoms with Crippen molar-refractivity contribution in [2.24, 2.45) is 0 Å². The van der Waals surface area contributed by atoms with Gasteiger partial charge in [0.2, 0.25) is 5.91 Å². The van der Waals surface area contributed by atoms with Crippen LogP contribution in [0, 0.1) is 6.92 Å². The number of amides is 1. The molecule has 1 aliphatic carbocycles. The fourth-order valence-electron chi connectivity index (χ4n) is 3.76. The highest BCUT2D eigenvalue weighted by molar-refractivity contribution is 5.80. The van der Waals surface area contributed by atoms with Crippen LogP contribution in [0.2, 0.25) is 0 Å². The molecule has 2 aromatic heterocycles. The molecule has 2 aromatic rings. The molecule has 6 nitrogen and oxygen atoms in total. The topological polar surface area (TPSA) is 72.1 Å². The lowest BCUT2D eigenvalue weighted by molar-refractivity contribution is -0.130. The van der Waals surface area contributed by atoms with Crippen LogP contribution in [0.15, 0.2) is 22.9 Å². The third kappa shape index (κ3) is 2.92. The normalized spacial score (nSPS) is 22.3. The van der Waals surface area contributed by atoms with Crippen molar-refractivity contribution in [2.45, 2.75) is 57.4 Å². The summed E-state index contributed by atoms with van der Waals surface area (Å²) in [4.78, 5) is 23.2. The highest BCUT2D eigenvalue weighted by atomic mass is 16.5. The number of rotatable bonds is 3. The van der Waals surface area contributed by atoms with E-state index in [-0.39, 0.29) is 11.8 Å². The molecule has 0 unspecified atom stereocenters. The molecule has 0 N–H and O–H groups in total. The lowest BCUT2D eigenvalue weighted by Crippen LogP contribution is -2.37. The van der Waals surface area contributed by atoms with E-state index in [1.807, 2.05) is 24.0 Å². The minimum atomic E-state index is 0.0373. The van der Waals surface area contributed by atoms with Crippen LogP contribution >= 0.6 is 0 Å². The average Bonchev–Trinajstić information content (AvgIpc) is 3.23. The van der Waals surface area contributed by atoms with Crippen LogP contribution in [-0.2, 0) is 4.79 Å². The van der Waals surface area contributed by atoms with Crippen molar-refractivity contribution in [3.63, 3.8) is 0 Å². The van der Waals surface area contributed by atoms with Gasteiger partial charge < -0.3 is 9.42 Å². The summed E-state index contributed by atoms with van der Waals surface area (Å²) in [6, 6.07) is 4.25. The number of carbonyl (C=O) groups is 1. The summed E-state index contributed by atoms with van der Waals surface area (Å²) in [5.41, 5.74) is 1.76. The maximum Gasteiger partial charge on any atom is 0.259 e. The molecule has 6 heteroatoms. The van der Waals surface area contributed by atoms with Gasteiger partial charge in [0, 0.05) is 36.8 Å². The minimum absolute atomic E-state index is 0.0373. The molecular formula is C18H22N4O2. The second kappa shape index (κ2) is 6.34. The molecule has 4 rings (SSSR count). The Morgan fingerprint density at radius 1 is 1.21 bits per heavy atom. The minimum Gasteiger partial charge on any atom is -0.339 e. The molecule has 2 aliphatic rings. The van der Waals surface area contributed by atoms with E-state index in [2.05, 4.69) is 15.1 Å². The first-order valence-corrected chi connectivity index (χ1v) is 8.77. The Bertz CT molecular complexity index is 719. The van der Waals surface area contributed by atoms with Crippen LogP contribution in [0.1, 0.15) is 56.0 Å². The first-order valence-electron chi connectivity index (χ1n) is 8.77. The van der Waals surface area contributed by atoms with Gasteiger partial charge in [-0.15, -0.1) is 0 Å². The summed E-state index contributed by atoms with van der Waals surface area (Å²) in [5, 5.41) is 4.12. The van der Waals surface area contributed by atoms with Gasteiger partial charge in [0.15, 0.2) is 5.82 Å². The van der Waals surface area contributed by atoms with Gasteiger partial charge in [-0.05, 0) is 31.9 Å². The highest BCUT2D eigenvalue weighted by Crippen LogP contribution is 2.33. The van der Waals surface area contributed by atoms with Gasteiger partial charge in [-0.2, -0.15) is 4.98 Å². The SMILES string of the molecule is Cc1ccc(-c2nc([C@H]3CC(=O)N(C4CCCCC4)C3)no2)cn1. The maximum atomic E-state index is 12.4. The third-order valence-corrected chi connectivity index (χ3v) is 5.14. The fraction of sp³-hybridized carbons (Fsp3) is 0.556. The van der Waals surface area contributed by atoms with Crippen LogP contribution in [0.25, 0.3) is 11.5 Å². The van der Waals surface area contributed by atoms with E-state index in [0.29, 0.717) is 30.7 Å². The summed E-state index contributed by atoms with van der Waals surface area (Å²) in [7, 11) is 0. The van der Waals surface area contributed by atoms with E-state index in [1.165, 1.54) is 19.3 Å². The van der Waals surface area contributed by atoms with Crippen LogP contribution in [0.3, 0.4) is 0 Å². The molecule has 1 saturated heterocycles. The van der Waals surface area contributed by atoms with Crippen molar-refractivity contribution < 1.29 is 9.32 Å². The van der Waals surface area contributed by atoms with Crippen LogP contribution < -0.4 is 0 Å². The lowest BCUT2D eigenvalue weighted by atomic mass is 9.94. The number of aryl methyl sites for hydroxylation is 1. The van der Waals surface area contributed by atoms with Crippen molar-refractivity contribution in [2.75, 3.05) is 6.54 Å². The van der Waals surface area contributed by atoms with E-state index < -0.39 is 0 Å². The van der Waals surface area contributed by atoms with Gasteiger partial charge in [0.25, 0.3) is 5.89 Å². The molecule has 126 valence electrons. The van der Waals surface area contributed by atoms with Crippen LogP contribution in [0.4, 0.5) is 0 Å². The molecule has 0 bridgehead atoms. The number of aromatic nitrogens is 3. The van der Waals surface area contributed by atoms with E-state index >= 15 is 0 Å². The Kier molecular flexibility index (Phi) is 4.04. The molecule has 0 radical (unpaired) electrons. The average molecular weight is 326 g/mol. The lowest BCUT2D eigenvalue weighted by Gasteiger charge is -2.31. The van der Waals surface area contributed by atoms with E-state index in [9.17, 15) is 4.79 Å². The maximum absolute atomic E-state index is 12.4. The summed E-state index contributed by atoms with van der Waals surface area (Å²) < 4.78 is 5.39. The summed E-state index contributed by atoms with van der Waals surface area (Å²) in [6.45, 7) is 2.65. The van der Waals surface area contributed by atoms with Crippen molar-refractivity contribution in [1.29, 1.82) is 0 Å².